The highest BCUT2D eigenvalue weighted by Crippen LogP contribution is 2.22. The third-order valence-corrected chi connectivity index (χ3v) is 6.15. The molecule has 1 aliphatic rings. The minimum atomic E-state index is -3.78. The number of morpholine rings is 1. The number of ketones is 1. The average Bonchev–Trinajstić information content (AvgIpc) is 3.20. The van der Waals surface area contributed by atoms with Crippen LogP contribution < -0.4 is 0 Å². The predicted octanol–water partition coefficient (Wildman–Crippen LogP) is 1.85. The van der Waals surface area contributed by atoms with Crippen molar-refractivity contribution in [2.45, 2.75) is 31.0 Å². The lowest BCUT2D eigenvalue weighted by atomic mass is 10.2. The van der Waals surface area contributed by atoms with Crippen molar-refractivity contribution in [3.05, 3.63) is 53.9 Å². The second kappa shape index (κ2) is 8.26. The number of rotatable bonds is 6. The van der Waals surface area contributed by atoms with Crippen molar-refractivity contribution in [1.82, 2.24) is 9.29 Å². The van der Waals surface area contributed by atoms with Crippen LogP contribution in [0.5, 0.6) is 0 Å². The number of nitrogens with one attached hydrogen (secondary N) is 1. The summed E-state index contributed by atoms with van der Waals surface area (Å²) in [5.41, 5.74) is 0.398. The van der Waals surface area contributed by atoms with E-state index >= 15 is 0 Å². The number of benzene rings is 1. The number of ether oxygens (including phenoxy) is 2. The molecule has 1 N–H and O–H groups in total. The lowest BCUT2D eigenvalue weighted by Crippen LogP contribution is -2.48. The van der Waals surface area contributed by atoms with Crippen molar-refractivity contribution in [2.24, 2.45) is 0 Å². The van der Waals surface area contributed by atoms with E-state index < -0.39 is 22.6 Å². The van der Waals surface area contributed by atoms with Crippen molar-refractivity contribution >= 4 is 21.8 Å². The Morgan fingerprint density at radius 3 is 2.54 bits per heavy atom. The summed E-state index contributed by atoms with van der Waals surface area (Å²) in [6, 6.07) is 8.86. The van der Waals surface area contributed by atoms with Crippen molar-refractivity contribution < 1.29 is 27.5 Å². The first-order chi connectivity index (χ1) is 13.3. The lowest BCUT2D eigenvalue weighted by molar-refractivity contribution is -0.0440. The second-order valence-electron chi connectivity index (χ2n) is 6.69. The Kier molecular flexibility index (Phi) is 5.97. The zero-order valence-corrected chi connectivity index (χ0v) is 16.4. The van der Waals surface area contributed by atoms with Gasteiger partial charge in [0.25, 0.3) is 0 Å². The summed E-state index contributed by atoms with van der Waals surface area (Å²) in [5, 5.41) is 0. The Morgan fingerprint density at radius 2 is 1.89 bits per heavy atom. The van der Waals surface area contributed by atoms with Crippen LogP contribution in [0.25, 0.3) is 0 Å². The Hall–Kier alpha value is -2.49. The van der Waals surface area contributed by atoms with E-state index in [0.717, 1.165) is 0 Å². The van der Waals surface area contributed by atoms with E-state index in [1.165, 1.54) is 28.6 Å². The SMILES string of the molecule is C[C@@H]1CN(S(=O)(=O)c2cccc(C(=O)OCC(=O)c3ccc[nH]3)c2)C[C@H](C)O1. The number of hydrogen-bond donors (Lipinski definition) is 1. The Morgan fingerprint density at radius 1 is 1.18 bits per heavy atom. The van der Waals surface area contributed by atoms with Gasteiger partial charge in [-0.3, -0.25) is 4.79 Å². The van der Waals surface area contributed by atoms with Crippen molar-refractivity contribution in [3.63, 3.8) is 0 Å². The molecule has 150 valence electrons. The number of H-pyrrole nitrogens is 1. The highest BCUT2D eigenvalue weighted by molar-refractivity contribution is 7.89. The van der Waals surface area contributed by atoms with Crippen molar-refractivity contribution in [1.29, 1.82) is 0 Å². The maximum absolute atomic E-state index is 12.9. The maximum Gasteiger partial charge on any atom is 0.338 e. The van der Waals surface area contributed by atoms with Crippen LogP contribution in [0.4, 0.5) is 0 Å². The van der Waals surface area contributed by atoms with E-state index in [2.05, 4.69) is 4.98 Å². The quantitative estimate of drug-likeness (QED) is 0.580. The molecule has 8 nitrogen and oxygen atoms in total. The largest absolute Gasteiger partial charge is 0.454 e. The van der Waals surface area contributed by atoms with E-state index in [4.69, 9.17) is 9.47 Å². The molecule has 1 aromatic heterocycles. The summed E-state index contributed by atoms with van der Waals surface area (Å²) in [4.78, 5) is 26.9. The number of sulfonamides is 1. The number of carbonyl (C=O) groups is 2. The molecule has 0 aliphatic carbocycles. The normalized spacial score (nSPS) is 20.6. The van der Waals surface area contributed by atoms with Gasteiger partial charge in [0.2, 0.25) is 15.8 Å². The molecule has 0 bridgehead atoms. The number of aromatic amines is 1. The molecule has 2 atom stereocenters. The van der Waals surface area contributed by atoms with Gasteiger partial charge < -0.3 is 14.5 Å². The van der Waals surface area contributed by atoms with E-state index in [1.807, 2.05) is 13.8 Å². The summed E-state index contributed by atoms with van der Waals surface area (Å²) >= 11 is 0. The molecule has 0 unspecified atom stereocenters. The first-order valence-electron chi connectivity index (χ1n) is 8.87. The van der Waals surface area contributed by atoms with E-state index in [0.29, 0.717) is 5.69 Å². The highest BCUT2D eigenvalue weighted by Gasteiger charge is 2.32. The van der Waals surface area contributed by atoms with Gasteiger partial charge >= 0.3 is 5.97 Å². The molecular weight excluding hydrogens is 384 g/mol. The predicted molar refractivity (Wildman–Crippen MR) is 101 cm³/mol. The van der Waals surface area contributed by atoms with Crippen LogP contribution >= 0.6 is 0 Å². The van der Waals surface area contributed by atoms with Crippen LogP contribution in [-0.4, -0.2) is 61.4 Å². The molecule has 1 aliphatic heterocycles. The molecule has 9 heteroatoms. The molecule has 0 amide bonds. The van der Waals surface area contributed by atoms with E-state index in [9.17, 15) is 18.0 Å². The fraction of sp³-hybridized carbons (Fsp3) is 0.368. The number of nitrogens with zero attached hydrogens (tertiary/aromatic N) is 1. The minimum absolute atomic E-state index is 0.000977. The van der Waals surface area contributed by atoms with Gasteiger partial charge in [-0.05, 0) is 44.2 Å². The smallest absolute Gasteiger partial charge is 0.338 e. The fourth-order valence-corrected chi connectivity index (χ4v) is 4.69. The molecule has 1 saturated heterocycles. The van der Waals surface area contributed by atoms with Gasteiger partial charge in [-0.2, -0.15) is 4.31 Å². The molecule has 1 aromatic carbocycles. The third kappa shape index (κ3) is 4.49. The molecule has 2 heterocycles. The second-order valence-corrected chi connectivity index (χ2v) is 8.63. The summed E-state index contributed by atoms with van der Waals surface area (Å²) in [6.07, 6.45) is 1.16. The van der Waals surface area contributed by atoms with Crippen LogP contribution in [0.3, 0.4) is 0 Å². The van der Waals surface area contributed by atoms with Gasteiger partial charge in [-0.15, -0.1) is 0 Å². The summed E-state index contributed by atoms with van der Waals surface area (Å²) in [5.74, 6) is -1.14. The van der Waals surface area contributed by atoms with Gasteiger partial charge in [0.15, 0.2) is 6.61 Å². The maximum atomic E-state index is 12.9. The Bertz CT molecular complexity index is 945. The Labute approximate surface area is 163 Å². The number of esters is 1. The van der Waals surface area contributed by atoms with Crippen LogP contribution in [0.2, 0.25) is 0 Å². The van der Waals surface area contributed by atoms with Gasteiger partial charge in [0.1, 0.15) is 0 Å². The number of Topliss-reactive ketones (excluding diaryl/α,β-unsaturated/α-hetero) is 1. The zero-order chi connectivity index (χ0) is 20.3. The fourth-order valence-electron chi connectivity index (χ4n) is 3.06. The molecule has 0 saturated carbocycles. The first-order valence-corrected chi connectivity index (χ1v) is 10.3. The molecular formula is C19H22N2O6S. The first kappa shape index (κ1) is 20.2. The van der Waals surface area contributed by atoms with Gasteiger partial charge in [0, 0.05) is 19.3 Å². The highest BCUT2D eigenvalue weighted by atomic mass is 32.2. The monoisotopic (exact) mass is 406 g/mol. The van der Waals surface area contributed by atoms with Crippen LogP contribution in [0.1, 0.15) is 34.7 Å². The third-order valence-electron chi connectivity index (χ3n) is 4.33. The van der Waals surface area contributed by atoms with Gasteiger partial charge in [-0.25, -0.2) is 13.2 Å². The molecule has 0 spiro atoms. The lowest BCUT2D eigenvalue weighted by Gasteiger charge is -2.34. The zero-order valence-electron chi connectivity index (χ0n) is 15.6. The Balaban J connectivity index is 1.72. The van der Waals surface area contributed by atoms with Crippen LogP contribution in [0, 0.1) is 0 Å². The van der Waals surface area contributed by atoms with Gasteiger partial charge in [0.05, 0.1) is 28.4 Å². The van der Waals surface area contributed by atoms with Crippen molar-refractivity contribution in [3.8, 4) is 0 Å². The minimum Gasteiger partial charge on any atom is -0.454 e. The van der Waals surface area contributed by atoms with Crippen LogP contribution in [-0.2, 0) is 19.5 Å². The average molecular weight is 406 g/mol. The van der Waals surface area contributed by atoms with Crippen LogP contribution in [0.15, 0.2) is 47.5 Å². The molecule has 0 radical (unpaired) electrons. The molecule has 2 aromatic rings. The molecule has 3 rings (SSSR count). The summed E-state index contributed by atoms with van der Waals surface area (Å²) in [7, 11) is -3.78. The van der Waals surface area contributed by atoms with E-state index in [-0.39, 0.29) is 41.5 Å². The number of aromatic nitrogens is 1. The summed E-state index contributed by atoms with van der Waals surface area (Å²) < 4.78 is 37.8. The number of carbonyl (C=O) groups excluding carboxylic acids is 2. The molecule has 28 heavy (non-hydrogen) atoms. The van der Waals surface area contributed by atoms with Crippen molar-refractivity contribution in [2.75, 3.05) is 19.7 Å². The standard InChI is InChI=1S/C19H22N2O6S/c1-13-10-21(11-14(2)27-13)28(24,25)16-6-3-5-15(9-16)19(23)26-12-18(22)17-7-4-8-20-17/h3-9,13-14,20H,10-12H2,1-2H3/t13-,14+. The summed E-state index contributed by atoms with van der Waals surface area (Å²) in [6.45, 7) is 3.67. The van der Waals surface area contributed by atoms with E-state index in [1.54, 1.807) is 18.3 Å². The molecule has 1 fully saturated rings. The van der Waals surface area contributed by atoms with Gasteiger partial charge in [-0.1, -0.05) is 6.07 Å². The topological polar surface area (TPSA) is 106 Å². The number of hydrogen-bond acceptors (Lipinski definition) is 6.